The molecule has 4 nitrogen and oxygen atoms in total. The van der Waals surface area contributed by atoms with Crippen LogP contribution in [0.3, 0.4) is 0 Å². The second kappa shape index (κ2) is 6.36. The second-order valence-electron chi connectivity index (χ2n) is 5.05. The van der Waals surface area contributed by atoms with Gasteiger partial charge in [-0.15, -0.1) is 0 Å². The number of halogens is 1. The van der Waals surface area contributed by atoms with E-state index in [9.17, 15) is 8.42 Å². The van der Waals surface area contributed by atoms with Crippen molar-refractivity contribution < 1.29 is 8.42 Å². The highest BCUT2D eigenvalue weighted by atomic mass is 79.9. The summed E-state index contributed by atoms with van der Waals surface area (Å²) in [5, 5.41) is 0.631. The Morgan fingerprint density at radius 3 is 2.45 bits per heavy atom. The van der Waals surface area contributed by atoms with Gasteiger partial charge in [0.15, 0.2) is 0 Å². The van der Waals surface area contributed by atoms with Crippen molar-refractivity contribution in [3.8, 4) is 0 Å². The topological polar surface area (TPSA) is 63.4 Å². The third-order valence-corrected chi connectivity index (χ3v) is 7.27. The van der Waals surface area contributed by atoms with E-state index in [1.165, 1.54) is 0 Å². The summed E-state index contributed by atoms with van der Waals surface area (Å²) < 4.78 is 27.7. The molecule has 0 amide bonds. The lowest BCUT2D eigenvalue weighted by Gasteiger charge is -2.33. The molecule has 0 saturated carbocycles. The minimum Gasteiger partial charge on any atom is -0.326 e. The van der Waals surface area contributed by atoms with Gasteiger partial charge in [-0.05, 0) is 33.6 Å². The zero-order valence-electron chi connectivity index (χ0n) is 11.5. The molecule has 20 heavy (non-hydrogen) atoms. The van der Waals surface area contributed by atoms with Gasteiger partial charge in [0.25, 0.3) is 0 Å². The molecule has 1 saturated heterocycles. The first-order chi connectivity index (χ1) is 9.34. The molecule has 1 aliphatic rings. The molecular formula is C13H19BrN2O2S2. The van der Waals surface area contributed by atoms with Crippen LogP contribution >= 0.6 is 27.7 Å². The molecule has 7 heteroatoms. The Balaban J connectivity index is 2.35. The van der Waals surface area contributed by atoms with Gasteiger partial charge >= 0.3 is 0 Å². The third-order valence-electron chi connectivity index (χ3n) is 3.24. The van der Waals surface area contributed by atoms with E-state index >= 15 is 0 Å². The van der Waals surface area contributed by atoms with E-state index in [-0.39, 0.29) is 0 Å². The second-order valence-corrected chi connectivity index (χ2v) is 9.69. The molecule has 1 aromatic rings. The van der Waals surface area contributed by atoms with Crippen LogP contribution in [0.1, 0.15) is 19.4 Å². The SMILES string of the molecule is CC1CN(S(=O)(=O)c2ccc(CN)cc2Br)CC(C)S1. The fraction of sp³-hybridized carbons (Fsp3) is 0.538. The maximum atomic E-state index is 12.8. The number of sulfonamides is 1. The number of benzene rings is 1. The van der Waals surface area contributed by atoms with Gasteiger partial charge in [0, 0.05) is 34.6 Å². The summed E-state index contributed by atoms with van der Waals surface area (Å²) in [6.45, 7) is 5.64. The van der Waals surface area contributed by atoms with Gasteiger partial charge in [-0.25, -0.2) is 8.42 Å². The number of nitrogens with zero attached hydrogens (tertiary/aromatic N) is 1. The molecule has 2 rings (SSSR count). The van der Waals surface area contributed by atoms with Gasteiger partial charge in [0.1, 0.15) is 0 Å². The summed E-state index contributed by atoms with van der Waals surface area (Å²) in [6, 6.07) is 5.18. The average Bonchev–Trinajstić information content (AvgIpc) is 2.37. The quantitative estimate of drug-likeness (QED) is 0.876. The van der Waals surface area contributed by atoms with Gasteiger partial charge in [0.05, 0.1) is 4.90 Å². The van der Waals surface area contributed by atoms with Gasteiger partial charge in [0.2, 0.25) is 10.0 Å². The summed E-state index contributed by atoms with van der Waals surface area (Å²) in [7, 11) is -3.45. The van der Waals surface area contributed by atoms with Gasteiger partial charge in [-0.3, -0.25) is 0 Å². The number of hydrogen-bond acceptors (Lipinski definition) is 4. The van der Waals surface area contributed by atoms with Crippen LogP contribution in [0.4, 0.5) is 0 Å². The highest BCUT2D eigenvalue weighted by Crippen LogP contribution is 2.31. The van der Waals surface area contributed by atoms with Crippen LogP contribution in [-0.4, -0.2) is 36.3 Å². The van der Waals surface area contributed by atoms with Crippen molar-refractivity contribution in [2.75, 3.05) is 13.1 Å². The maximum absolute atomic E-state index is 12.8. The van der Waals surface area contributed by atoms with Crippen molar-refractivity contribution in [1.82, 2.24) is 4.31 Å². The van der Waals surface area contributed by atoms with E-state index < -0.39 is 10.0 Å². The predicted octanol–water partition coefficient (Wildman–Crippen LogP) is 2.42. The Kier molecular flexibility index (Phi) is 5.18. The van der Waals surface area contributed by atoms with Crippen LogP contribution in [0, 0.1) is 0 Å². The molecular weight excluding hydrogens is 360 g/mol. The van der Waals surface area contributed by atoms with Crippen LogP contribution in [0.25, 0.3) is 0 Å². The highest BCUT2D eigenvalue weighted by Gasteiger charge is 2.33. The van der Waals surface area contributed by atoms with Crippen LogP contribution in [0.5, 0.6) is 0 Å². The first-order valence-corrected chi connectivity index (χ1v) is 9.66. The lowest BCUT2D eigenvalue weighted by Crippen LogP contribution is -2.44. The molecule has 0 bridgehead atoms. The molecule has 1 aliphatic heterocycles. The summed E-state index contributed by atoms with van der Waals surface area (Å²) in [4.78, 5) is 0.320. The smallest absolute Gasteiger partial charge is 0.244 e. The molecule has 2 atom stereocenters. The molecule has 0 aliphatic carbocycles. The first-order valence-electron chi connectivity index (χ1n) is 6.48. The van der Waals surface area contributed by atoms with E-state index in [0.717, 1.165) is 5.56 Å². The molecule has 112 valence electrons. The minimum atomic E-state index is -3.45. The van der Waals surface area contributed by atoms with Gasteiger partial charge in [-0.2, -0.15) is 16.1 Å². The highest BCUT2D eigenvalue weighted by molar-refractivity contribution is 9.10. The zero-order chi connectivity index (χ0) is 14.9. The lowest BCUT2D eigenvalue weighted by atomic mass is 10.2. The average molecular weight is 379 g/mol. The monoisotopic (exact) mass is 378 g/mol. The number of thioether (sulfide) groups is 1. The fourth-order valence-corrected chi connectivity index (χ4v) is 6.56. The normalized spacial score (nSPS) is 24.8. The maximum Gasteiger partial charge on any atom is 0.244 e. The molecule has 0 aromatic heterocycles. The summed E-state index contributed by atoms with van der Waals surface area (Å²) in [5.74, 6) is 0. The van der Waals surface area contributed by atoms with Crippen LogP contribution < -0.4 is 5.73 Å². The first kappa shape index (κ1) is 16.3. The number of rotatable bonds is 3. The van der Waals surface area contributed by atoms with E-state index in [1.54, 1.807) is 22.5 Å². The van der Waals surface area contributed by atoms with E-state index in [4.69, 9.17) is 5.73 Å². The summed E-state index contributed by atoms with van der Waals surface area (Å²) in [5.41, 5.74) is 6.48. The molecule has 1 aromatic carbocycles. The minimum absolute atomic E-state index is 0.315. The van der Waals surface area contributed by atoms with Crippen LogP contribution in [0.15, 0.2) is 27.6 Å². The summed E-state index contributed by atoms with van der Waals surface area (Å²) >= 11 is 5.19. The van der Waals surface area contributed by atoms with Crippen molar-refractivity contribution in [1.29, 1.82) is 0 Å². The summed E-state index contributed by atoms with van der Waals surface area (Å²) in [6.07, 6.45) is 0. The largest absolute Gasteiger partial charge is 0.326 e. The standard InChI is InChI=1S/C13H19BrN2O2S2/c1-9-7-16(8-10(2)19-9)20(17,18)13-4-3-11(6-15)5-12(13)14/h3-5,9-10H,6-8,15H2,1-2H3. The molecule has 1 fully saturated rings. The molecule has 0 spiro atoms. The zero-order valence-corrected chi connectivity index (χ0v) is 14.8. The van der Waals surface area contributed by atoms with Crippen molar-refractivity contribution in [3.05, 3.63) is 28.2 Å². The Morgan fingerprint density at radius 2 is 1.95 bits per heavy atom. The van der Waals surface area contributed by atoms with Crippen molar-refractivity contribution >= 4 is 37.7 Å². The van der Waals surface area contributed by atoms with Crippen molar-refractivity contribution in [2.24, 2.45) is 5.73 Å². The van der Waals surface area contributed by atoms with E-state index in [0.29, 0.717) is 39.5 Å². The van der Waals surface area contributed by atoms with E-state index in [1.807, 2.05) is 11.8 Å². The molecule has 0 radical (unpaired) electrons. The molecule has 2 N–H and O–H groups in total. The van der Waals surface area contributed by atoms with Crippen LogP contribution in [0.2, 0.25) is 0 Å². The number of hydrogen-bond donors (Lipinski definition) is 1. The Morgan fingerprint density at radius 1 is 1.35 bits per heavy atom. The Labute approximate surface area is 133 Å². The third kappa shape index (κ3) is 3.39. The van der Waals surface area contributed by atoms with Gasteiger partial charge < -0.3 is 5.73 Å². The van der Waals surface area contributed by atoms with Crippen molar-refractivity contribution in [2.45, 2.75) is 35.8 Å². The lowest BCUT2D eigenvalue weighted by molar-refractivity contribution is 0.404. The fourth-order valence-electron chi connectivity index (χ4n) is 2.35. The number of nitrogens with two attached hydrogens (primary N) is 1. The van der Waals surface area contributed by atoms with E-state index in [2.05, 4.69) is 29.8 Å². The predicted molar refractivity (Wildman–Crippen MR) is 87.3 cm³/mol. The Hall–Kier alpha value is -0.0800. The van der Waals surface area contributed by atoms with Crippen molar-refractivity contribution in [3.63, 3.8) is 0 Å². The van der Waals surface area contributed by atoms with Crippen LogP contribution in [-0.2, 0) is 16.6 Å². The molecule has 2 unspecified atom stereocenters. The molecule has 1 heterocycles. The Bertz CT molecular complexity index is 582. The van der Waals surface area contributed by atoms with Gasteiger partial charge in [-0.1, -0.05) is 19.9 Å².